The van der Waals surface area contributed by atoms with Gasteiger partial charge in [-0.1, -0.05) is 45.0 Å². The Morgan fingerprint density at radius 2 is 1.84 bits per heavy atom. The molecule has 6 heteroatoms. The maximum Gasteiger partial charge on any atom is 0.227 e. The Balaban J connectivity index is 2.07. The van der Waals surface area contributed by atoms with Crippen LogP contribution in [0.2, 0.25) is 0 Å². The summed E-state index contributed by atoms with van der Waals surface area (Å²) < 4.78 is 11.3. The van der Waals surface area contributed by atoms with E-state index in [2.05, 4.69) is 19.2 Å². The van der Waals surface area contributed by atoms with E-state index in [1.54, 1.807) is 19.1 Å². The van der Waals surface area contributed by atoms with Gasteiger partial charge in [-0.15, -0.1) is 0 Å². The van der Waals surface area contributed by atoms with Crippen LogP contribution >= 0.6 is 0 Å². The minimum atomic E-state index is -0.623. The van der Waals surface area contributed by atoms with Crippen LogP contribution in [0.4, 0.5) is 11.4 Å². The number of ether oxygens (including phenoxy) is 2. The lowest BCUT2D eigenvalue weighted by Gasteiger charge is -2.37. The standard InChI is InChI=1S/C26H30N2O4/c1-6-22(30)28-19-12-8-7-11-17(19)27-18-14-26(2,3)15-20(29)23(18)24(28)16-10-9-13-21(31-4)25(16)32-5/h7-13,24,27H,6,14-15H2,1-5H3. The third-order valence-corrected chi connectivity index (χ3v) is 6.20. The van der Waals surface area contributed by atoms with E-state index in [1.807, 2.05) is 49.4 Å². The molecule has 0 radical (unpaired) electrons. The first-order valence-corrected chi connectivity index (χ1v) is 11.0. The zero-order chi connectivity index (χ0) is 23.0. The summed E-state index contributed by atoms with van der Waals surface area (Å²) in [6, 6.07) is 12.7. The summed E-state index contributed by atoms with van der Waals surface area (Å²) in [7, 11) is 3.16. The van der Waals surface area contributed by atoms with E-state index in [4.69, 9.17) is 9.47 Å². The number of nitrogens with zero attached hydrogens (tertiary/aromatic N) is 1. The van der Waals surface area contributed by atoms with E-state index >= 15 is 0 Å². The van der Waals surface area contributed by atoms with Crippen molar-refractivity contribution >= 4 is 23.1 Å². The highest BCUT2D eigenvalue weighted by Crippen LogP contribution is 2.50. The van der Waals surface area contributed by atoms with Crippen LogP contribution in [0.5, 0.6) is 11.5 Å². The Morgan fingerprint density at radius 3 is 2.53 bits per heavy atom. The van der Waals surface area contributed by atoms with E-state index in [0.29, 0.717) is 36.3 Å². The number of methoxy groups -OCH3 is 2. The van der Waals surface area contributed by atoms with Gasteiger partial charge in [0, 0.05) is 29.7 Å². The lowest BCUT2D eigenvalue weighted by molar-refractivity contribution is -0.119. The minimum Gasteiger partial charge on any atom is -0.493 e. The molecule has 1 heterocycles. The summed E-state index contributed by atoms with van der Waals surface area (Å²) in [4.78, 5) is 28.8. The second-order valence-corrected chi connectivity index (χ2v) is 9.08. The molecule has 0 fully saturated rings. The molecular formula is C26H30N2O4. The van der Waals surface area contributed by atoms with Crippen LogP contribution in [-0.2, 0) is 9.59 Å². The van der Waals surface area contributed by atoms with Crippen molar-refractivity contribution < 1.29 is 19.1 Å². The number of amides is 1. The highest BCUT2D eigenvalue weighted by molar-refractivity contribution is 6.06. The molecule has 2 aromatic carbocycles. The first-order chi connectivity index (χ1) is 15.3. The number of anilines is 2. The molecule has 1 aliphatic carbocycles. The highest BCUT2D eigenvalue weighted by Gasteiger charge is 2.44. The summed E-state index contributed by atoms with van der Waals surface area (Å²) in [6.45, 7) is 6.04. The summed E-state index contributed by atoms with van der Waals surface area (Å²) in [5, 5.41) is 3.52. The van der Waals surface area contributed by atoms with Gasteiger partial charge >= 0.3 is 0 Å². The number of fused-ring (bicyclic) bond motifs is 1. The average Bonchev–Trinajstić information content (AvgIpc) is 2.91. The number of hydrogen-bond donors (Lipinski definition) is 1. The fraction of sp³-hybridized carbons (Fsp3) is 0.385. The molecule has 2 aromatic rings. The van der Waals surface area contributed by atoms with Gasteiger partial charge in [0.1, 0.15) is 0 Å². The molecule has 0 saturated carbocycles. The topological polar surface area (TPSA) is 67.9 Å². The number of nitrogens with one attached hydrogen (secondary N) is 1. The highest BCUT2D eigenvalue weighted by atomic mass is 16.5. The van der Waals surface area contributed by atoms with Crippen LogP contribution in [0.3, 0.4) is 0 Å². The molecule has 0 saturated heterocycles. The monoisotopic (exact) mass is 434 g/mol. The molecule has 1 atom stereocenters. The van der Waals surface area contributed by atoms with Gasteiger partial charge in [-0.25, -0.2) is 0 Å². The van der Waals surface area contributed by atoms with Crippen LogP contribution < -0.4 is 19.7 Å². The van der Waals surface area contributed by atoms with E-state index in [9.17, 15) is 9.59 Å². The Morgan fingerprint density at radius 1 is 1.09 bits per heavy atom. The van der Waals surface area contributed by atoms with Crippen molar-refractivity contribution in [3.63, 3.8) is 0 Å². The molecule has 168 valence electrons. The second-order valence-electron chi connectivity index (χ2n) is 9.08. The quantitative estimate of drug-likeness (QED) is 0.711. The van der Waals surface area contributed by atoms with E-state index in [-0.39, 0.29) is 17.1 Å². The minimum absolute atomic E-state index is 0.0420. The van der Waals surface area contributed by atoms with Gasteiger partial charge in [0.25, 0.3) is 0 Å². The lowest BCUT2D eigenvalue weighted by atomic mass is 9.73. The number of para-hydroxylation sites is 3. The van der Waals surface area contributed by atoms with Crippen LogP contribution in [0.25, 0.3) is 0 Å². The van der Waals surface area contributed by atoms with Crippen LogP contribution in [0.1, 0.15) is 51.6 Å². The molecule has 1 aliphatic heterocycles. The number of Topliss-reactive ketones (excluding diaryl/α,β-unsaturated/α-hetero) is 1. The largest absolute Gasteiger partial charge is 0.493 e. The number of hydrogen-bond acceptors (Lipinski definition) is 5. The molecule has 0 bridgehead atoms. The summed E-state index contributed by atoms with van der Waals surface area (Å²) >= 11 is 0. The number of benzene rings is 2. The van der Waals surface area contributed by atoms with Crippen LogP contribution in [0, 0.1) is 5.41 Å². The van der Waals surface area contributed by atoms with Crippen molar-refractivity contribution in [3.8, 4) is 11.5 Å². The van der Waals surface area contributed by atoms with Crippen LogP contribution in [0.15, 0.2) is 53.7 Å². The van der Waals surface area contributed by atoms with Gasteiger partial charge in [0.15, 0.2) is 17.3 Å². The van der Waals surface area contributed by atoms with Crippen molar-refractivity contribution in [1.29, 1.82) is 0 Å². The van der Waals surface area contributed by atoms with Gasteiger partial charge in [-0.2, -0.15) is 0 Å². The number of allylic oxidation sites excluding steroid dienone is 1. The van der Waals surface area contributed by atoms with E-state index < -0.39 is 6.04 Å². The summed E-state index contributed by atoms with van der Waals surface area (Å²) in [5.74, 6) is 1.06. The van der Waals surface area contributed by atoms with Gasteiger partial charge in [0.2, 0.25) is 5.91 Å². The third-order valence-electron chi connectivity index (χ3n) is 6.20. The van der Waals surface area contributed by atoms with Crippen molar-refractivity contribution in [1.82, 2.24) is 0 Å². The van der Waals surface area contributed by atoms with Gasteiger partial charge in [-0.3, -0.25) is 14.5 Å². The average molecular weight is 435 g/mol. The molecule has 6 nitrogen and oxygen atoms in total. The first kappa shape index (κ1) is 21.9. The Labute approximate surface area is 189 Å². The molecule has 0 aromatic heterocycles. The van der Waals surface area contributed by atoms with E-state index in [0.717, 1.165) is 22.6 Å². The molecular weight excluding hydrogens is 404 g/mol. The number of rotatable bonds is 4. The van der Waals surface area contributed by atoms with Gasteiger partial charge < -0.3 is 14.8 Å². The fourth-order valence-electron chi connectivity index (χ4n) is 4.85. The Hall–Kier alpha value is -3.28. The molecule has 1 amide bonds. The first-order valence-electron chi connectivity index (χ1n) is 11.0. The molecule has 4 rings (SSSR count). The maximum atomic E-state index is 13.6. The van der Waals surface area contributed by atoms with Gasteiger partial charge in [-0.05, 0) is 30.0 Å². The van der Waals surface area contributed by atoms with Crippen molar-refractivity contribution in [2.24, 2.45) is 5.41 Å². The second kappa shape index (κ2) is 8.34. The van der Waals surface area contributed by atoms with Crippen LogP contribution in [-0.4, -0.2) is 25.9 Å². The SMILES string of the molecule is CCC(=O)N1c2ccccc2NC2=C(C(=O)CC(C)(C)C2)C1c1cccc(OC)c1OC. The number of ketones is 1. The predicted molar refractivity (Wildman–Crippen MR) is 125 cm³/mol. The Kier molecular flexibility index (Phi) is 5.71. The maximum absolute atomic E-state index is 13.6. The van der Waals surface area contributed by atoms with Crippen molar-refractivity contribution in [3.05, 3.63) is 59.3 Å². The molecule has 0 spiro atoms. The van der Waals surface area contributed by atoms with Crippen molar-refractivity contribution in [2.75, 3.05) is 24.4 Å². The zero-order valence-electron chi connectivity index (χ0n) is 19.3. The number of carbonyl (C=O) groups is 2. The van der Waals surface area contributed by atoms with Gasteiger partial charge in [0.05, 0.1) is 31.6 Å². The summed E-state index contributed by atoms with van der Waals surface area (Å²) in [6.07, 6.45) is 1.43. The fourth-order valence-corrected chi connectivity index (χ4v) is 4.85. The molecule has 2 aliphatic rings. The zero-order valence-corrected chi connectivity index (χ0v) is 19.3. The molecule has 1 unspecified atom stereocenters. The number of carbonyl (C=O) groups excluding carboxylic acids is 2. The lowest BCUT2D eigenvalue weighted by Crippen LogP contribution is -2.39. The van der Waals surface area contributed by atoms with Crippen molar-refractivity contribution in [2.45, 2.75) is 46.1 Å². The molecule has 32 heavy (non-hydrogen) atoms. The third kappa shape index (κ3) is 3.64. The molecule has 1 N–H and O–H groups in total. The normalized spacial score (nSPS) is 19.5. The Bertz CT molecular complexity index is 1100. The predicted octanol–water partition coefficient (Wildman–Crippen LogP) is 5.26. The summed E-state index contributed by atoms with van der Waals surface area (Å²) in [5.41, 5.74) is 3.60. The van der Waals surface area contributed by atoms with E-state index in [1.165, 1.54) is 0 Å². The smallest absolute Gasteiger partial charge is 0.227 e.